The highest BCUT2D eigenvalue weighted by Gasteiger charge is 2.09. The van der Waals surface area contributed by atoms with Crippen LogP contribution in [0.5, 0.6) is 5.88 Å². The van der Waals surface area contributed by atoms with Crippen LogP contribution >= 0.6 is 11.3 Å². The van der Waals surface area contributed by atoms with E-state index in [1.807, 2.05) is 19.1 Å². The van der Waals surface area contributed by atoms with Gasteiger partial charge in [-0.3, -0.25) is 0 Å². The Kier molecular flexibility index (Phi) is 3.97. The topological polar surface area (TPSA) is 72.8 Å². The first-order valence-corrected chi connectivity index (χ1v) is 7.52. The molecule has 7 heteroatoms. The van der Waals surface area contributed by atoms with Gasteiger partial charge in [-0.25, -0.2) is 19.9 Å². The van der Waals surface area contributed by atoms with Crippen molar-refractivity contribution in [3.05, 3.63) is 41.2 Å². The summed E-state index contributed by atoms with van der Waals surface area (Å²) in [5, 5.41) is 4.02. The van der Waals surface area contributed by atoms with E-state index >= 15 is 0 Å². The summed E-state index contributed by atoms with van der Waals surface area (Å²) in [4.78, 5) is 18.6. The summed E-state index contributed by atoms with van der Waals surface area (Å²) < 4.78 is 5.03. The first-order valence-electron chi connectivity index (χ1n) is 6.70. The molecule has 0 unspecified atom stereocenters. The van der Waals surface area contributed by atoms with Crippen molar-refractivity contribution in [2.45, 2.75) is 13.8 Å². The molecule has 3 heterocycles. The van der Waals surface area contributed by atoms with Crippen LogP contribution in [0.1, 0.15) is 10.6 Å². The van der Waals surface area contributed by atoms with Gasteiger partial charge < -0.3 is 10.1 Å². The van der Waals surface area contributed by atoms with E-state index in [-0.39, 0.29) is 0 Å². The fourth-order valence-electron chi connectivity index (χ4n) is 1.82. The van der Waals surface area contributed by atoms with E-state index < -0.39 is 0 Å². The number of nitrogens with zero attached hydrogens (tertiary/aromatic N) is 4. The van der Waals surface area contributed by atoms with E-state index in [2.05, 4.69) is 32.2 Å². The fourth-order valence-corrected chi connectivity index (χ4v) is 2.71. The molecule has 0 spiro atoms. The molecule has 0 amide bonds. The molecule has 6 nitrogen and oxygen atoms in total. The van der Waals surface area contributed by atoms with Crippen LogP contribution in [-0.4, -0.2) is 27.0 Å². The van der Waals surface area contributed by atoms with Crippen LogP contribution in [0, 0.1) is 13.8 Å². The first kappa shape index (κ1) is 14.4. The van der Waals surface area contributed by atoms with E-state index in [1.165, 1.54) is 4.88 Å². The van der Waals surface area contributed by atoms with Crippen molar-refractivity contribution in [3.63, 3.8) is 0 Å². The smallest absolute Gasteiger partial charge is 0.227 e. The highest BCUT2D eigenvalue weighted by molar-refractivity contribution is 7.15. The minimum Gasteiger partial charge on any atom is -0.481 e. The van der Waals surface area contributed by atoms with Gasteiger partial charge in [0.1, 0.15) is 10.7 Å². The second-order valence-corrected chi connectivity index (χ2v) is 5.84. The zero-order valence-corrected chi connectivity index (χ0v) is 13.3. The van der Waals surface area contributed by atoms with Gasteiger partial charge in [-0.05, 0) is 26.0 Å². The first-order chi connectivity index (χ1) is 10.7. The Hall–Kier alpha value is -2.54. The van der Waals surface area contributed by atoms with Gasteiger partial charge in [0.15, 0.2) is 0 Å². The highest BCUT2D eigenvalue weighted by Crippen LogP contribution is 2.26. The van der Waals surface area contributed by atoms with Gasteiger partial charge in [-0.15, -0.1) is 11.3 Å². The largest absolute Gasteiger partial charge is 0.481 e. The molecule has 112 valence electrons. The molecule has 0 radical (unpaired) electrons. The van der Waals surface area contributed by atoms with Gasteiger partial charge in [-0.1, -0.05) is 0 Å². The van der Waals surface area contributed by atoms with Crippen molar-refractivity contribution < 1.29 is 4.74 Å². The Balaban J connectivity index is 1.84. The third-order valence-corrected chi connectivity index (χ3v) is 4.20. The van der Waals surface area contributed by atoms with Crippen molar-refractivity contribution in [3.8, 4) is 16.6 Å². The Morgan fingerprint density at radius 2 is 1.95 bits per heavy atom. The minimum atomic E-state index is 0.509. The summed E-state index contributed by atoms with van der Waals surface area (Å²) in [6, 6.07) is 5.49. The molecular weight excluding hydrogens is 298 g/mol. The molecule has 0 aromatic carbocycles. The molecule has 0 aliphatic carbocycles. The summed E-state index contributed by atoms with van der Waals surface area (Å²) in [5.41, 5.74) is 2.64. The summed E-state index contributed by atoms with van der Waals surface area (Å²) in [6.07, 6.45) is 3.39. The Bertz CT molecular complexity index is 765. The molecule has 0 fully saturated rings. The quantitative estimate of drug-likeness (QED) is 0.796. The number of hydrogen-bond acceptors (Lipinski definition) is 7. The lowest BCUT2D eigenvalue weighted by Gasteiger charge is -2.05. The van der Waals surface area contributed by atoms with Crippen LogP contribution < -0.4 is 10.1 Å². The Morgan fingerprint density at radius 3 is 2.59 bits per heavy atom. The van der Waals surface area contributed by atoms with Crippen LogP contribution in [0.2, 0.25) is 0 Å². The SMILES string of the molecule is COc1ccc(Nc2nccc(-c3nc(C)c(C)s3)n2)cn1. The maximum atomic E-state index is 5.03. The number of pyridine rings is 1. The van der Waals surface area contributed by atoms with Crippen LogP contribution in [0.4, 0.5) is 11.6 Å². The van der Waals surface area contributed by atoms with Crippen molar-refractivity contribution >= 4 is 23.0 Å². The predicted molar refractivity (Wildman–Crippen MR) is 86.7 cm³/mol. The average molecular weight is 313 g/mol. The normalized spacial score (nSPS) is 10.5. The predicted octanol–water partition coefficient (Wildman–Crippen LogP) is 3.36. The van der Waals surface area contributed by atoms with Crippen LogP contribution in [0.25, 0.3) is 10.7 Å². The fraction of sp³-hybridized carbons (Fsp3) is 0.200. The van der Waals surface area contributed by atoms with Crippen molar-refractivity contribution in [2.75, 3.05) is 12.4 Å². The van der Waals surface area contributed by atoms with Crippen LogP contribution in [0.3, 0.4) is 0 Å². The molecule has 3 rings (SSSR count). The maximum absolute atomic E-state index is 5.03. The summed E-state index contributed by atoms with van der Waals surface area (Å²) in [5.74, 6) is 1.07. The van der Waals surface area contributed by atoms with Crippen molar-refractivity contribution in [1.82, 2.24) is 19.9 Å². The van der Waals surface area contributed by atoms with E-state index in [0.717, 1.165) is 22.1 Å². The lowest BCUT2D eigenvalue weighted by atomic mass is 10.4. The molecule has 1 N–H and O–H groups in total. The van der Waals surface area contributed by atoms with Crippen molar-refractivity contribution in [1.29, 1.82) is 0 Å². The van der Waals surface area contributed by atoms with E-state index in [4.69, 9.17) is 4.74 Å². The number of hydrogen-bond donors (Lipinski definition) is 1. The van der Waals surface area contributed by atoms with Crippen LogP contribution in [0.15, 0.2) is 30.6 Å². The number of rotatable bonds is 4. The number of nitrogens with one attached hydrogen (secondary N) is 1. The lowest BCUT2D eigenvalue weighted by molar-refractivity contribution is 0.398. The van der Waals surface area contributed by atoms with Gasteiger partial charge >= 0.3 is 0 Å². The zero-order valence-electron chi connectivity index (χ0n) is 12.5. The molecule has 0 saturated heterocycles. The van der Waals surface area contributed by atoms with Gasteiger partial charge in [-0.2, -0.15) is 0 Å². The molecular formula is C15H15N5OS. The van der Waals surface area contributed by atoms with Gasteiger partial charge in [0.25, 0.3) is 0 Å². The third-order valence-electron chi connectivity index (χ3n) is 3.10. The standard InChI is InChI=1S/C15H15N5OS/c1-9-10(2)22-14(18-9)12-6-7-16-15(20-12)19-11-4-5-13(21-3)17-8-11/h4-8H,1-3H3,(H,16,19,20). The lowest BCUT2D eigenvalue weighted by Crippen LogP contribution is -1.98. The molecule has 0 bridgehead atoms. The number of aryl methyl sites for hydroxylation is 2. The maximum Gasteiger partial charge on any atom is 0.227 e. The second kappa shape index (κ2) is 6.07. The van der Waals surface area contributed by atoms with Gasteiger partial charge in [0.05, 0.1) is 24.7 Å². The number of ether oxygens (including phenoxy) is 1. The summed E-state index contributed by atoms with van der Waals surface area (Å²) >= 11 is 1.63. The van der Waals surface area contributed by atoms with E-state index in [9.17, 15) is 0 Å². The zero-order chi connectivity index (χ0) is 15.5. The second-order valence-electron chi connectivity index (χ2n) is 4.64. The minimum absolute atomic E-state index is 0.509. The number of anilines is 2. The number of methoxy groups -OCH3 is 1. The molecule has 0 aliphatic heterocycles. The molecule has 3 aromatic rings. The molecule has 3 aromatic heterocycles. The summed E-state index contributed by atoms with van der Waals surface area (Å²) in [7, 11) is 1.58. The average Bonchev–Trinajstić information content (AvgIpc) is 2.88. The van der Waals surface area contributed by atoms with E-state index in [1.54, 1.807) is 36.9 Å². The van der Waals surface area contributed by atoms with E-state index in [0.29, 0.717) is 11.8 Å². The molecule has 0 saturated carbocycles. The number of aromatic nitrogens is 4. The summed E-state index contributed by atoms with van der Waals surface area (Å²) in [6.45, 7) is 4.05. The molecule has 0 atom stereocenters. The Morgan fingerprint density at radius 1 is 1.09 bits per heavy atom. The number of thiazole rings is 1. The Labute approximate surface area is 132 Å². The van der Waals surface area contributed by atoms with Crippen LogP contribution in [-0.2, 0) is 0 Å². The van der Waals surface area contributed by atoms with Gasteiger partial charge in [0, 0.05) is 17.1 Å². The highest BCUT2D eigenvalue weighted by atomic mass is 32.1. The third kappa shape index (κ3) is 3.04. The van der Waals surface area contributed by atoms with Crippen molar-refractivity contribution in [2.24, 2.45) is 0 Å². The monoisotopic (exact) mass is 313 g/mol. The molecule has 0 aliphatic rings. The molecule has 22 heavy (non-hydrogen) atoms. The van der Waals surface area contributed by atoms with Gasteiger partial charge in [0.2, 0.25) is 11.8 Å².